The van der Waals surface area contributed by atoms with Gasteiger partial charge >= 0.3 is 0 Å². The second kappa shape index (κ2) is 7.13. The first-order valence-corrected chi connectivity index (χ1v) is 7.16. The summed E-state index contributed by atoms with van der Waals surface area (Å²) in [5.74, 6) is 0.0514. The monoisotopic (exact) mass is 307 g/mol. The van der Waals surface area contributed by atoms with Crippen molar-refractivity contribution in [2.24, 2.45) is 5.92 Å². The molecule has 0 aliphatic rings. The number of hydrogen-bond acceptors (Lipinski definition) is 3. The van der Waals surface area contributed by atoms with Gasteiger partial charge in [-0.05, 0) is 24.1 Å². The third kappa shape index (κ3) is 4.79. The molecule has 1 heterocycles. The van der Waals surface area contributed by atoms with Gasteiger partial charge in [0.25, 0.3) is 0 Å². The molecule has 21 heavy (non-hydrogen) atoms. The van der Waals surface area contributed by atoms with Crippen molar-refractivity contribution in [2.75, 3.05) is 6.54 Å². The lowest BCUT2D eigenvalue weighted by molar-refractivity contribution is -0.124. The van der Waals surface area contributed by atoms with Gasteiger partial charge in [0, 0.05) is 12.7 Å². The van der Waals surface area contributed by atoms with Crippen LogP contribution >= 0.6 is 11.6 Å². The summed E-state index contributed by atoms with van der Waals surface area (Å²) in [5.41, 5.74) is 1.07. The van der Waals surface area contributed by atoms with Gasteiger partial charge in [0.05, 0.1) is 23.7 Å². The summed E-state index contributed by atoms with van der Waals surface area (Å²) in [5, 5.41) is 16.7. The number of phenols is 1. The van der Waals surface area contributed by atoms with Crippen LogP contribution in [0.1, 0.15) is 12.5 Å². The van der Waals surface area contributed by atoms with Crippen molar-refractivity contribution in [3.05, 3.63) is 47.2 Å². The molecular formula is C15H18ClN3O2. The Balaban J connectivity index is 1.74. The summed E-state index contributed by atoms with van der Waals surface area (Å²) in [6.07, 6.45) is 3.98. The van der Waals surface area contributed by atoms with Crippen LogP contribution in [-0.4, -0.2) is 27.3 Å². The molecule has 1 amide bonds. The van der Waals surface area contributed by atoms with Gasteiger partial charge in [-0.2, -0.15) is 5.10 Å². The van der Waals surface area contributed by atoms with Gasteiger partial charge in [0.15, 0.2) is 0 Å². The Morgan fingerprint density at radius 1 is 1.43 bits per heavy atom. The third-order valence-corrected chi connectivity index (χ3v) is 3.35. The van der Waals surface area contributed by atoms with Crippen molar-refractivity contribution in [3.63, 3.8) is 0 Å². The molecule has 1 aromatic heterocycles. The van der Waals surface area contributed by atoms with E-state index in [4.69, 9.17) is 11.6 Å². The lowest BCUT2D eigenvalue weighted by Crippen LogP contribution is -2.33. The molecule has 2 aromatic rings. The standard InChI is InChI=1S/C15H18ClN3O2/c1-11(9-19-10-13(16)8-18-19)15(21)17-7-6-12-2-4-14(20)5-3-12/h2-5,8,10-11,20H,6-7,9H2,1H3,(H,17,21)/t11-/m0/s1. The van der Waals surface area contributed by atoms with Crippen LogP contribution < -0.4 is 5.32 Å². The summed E-state index contributed by atoms with van der Waals surface area (Å²) in [4.78, 5) is 12.0. The molecule has 0 aliphatic heterocycles. The Bertz CT molecular complexity index is 595. The van der Waals surface area contributed by atoms with Crippen LogP contribution in [0.15, 0.2) is 36.7 Å². The summed E-state index contributed by atoms with van der Waals surface area (Å²) >= 11 is 5.78. The highest BCUT2D eigenvalue weighted by Crippen LogP contribution is 2.10. The third-order valence-electron chi connectivity index (χ3n) is 3.16. The van der Waals surface area contributed by atoms with E-state index in [0.717, 1.165) is 12.0 Å². The number of nitrogens with one attached hydrogen (secondary N) is 1. The molecule has 0 radical (unpaired) electrons. The number of aromatic nitrogens is 2. The Kier molecular flexibility index (Phi) is 5.22. The fraction of sp³-hybridized carbons (Fsp3) is 0.333. The van der Waals surface area contributed by atoms with E-state index in [1.54, 1.807) is 29.2 Å². The van der Waals surface area contributed by atoms with Crippen molar-refractivity contribution >= 4 is 17.5 Å². The molecule has 112 valence electrons. The van der Waals surface area contributed by atoms with Gasteiger partial charge in [0.1, 0.15) is 5.75 Å². The molecule has 0 unspecified atom stereocenters. The molecule has 2 N–H and O–H groups in total. The fourth-order valence-corrected chi connectivity index (χ4v) is 2.12. The zero-order chi connectivity index (χ0) is 15.2. The first-order chi connectivity index (χ1) is 10.0. The van der Waals surface area contributed by atoms with Crippen LogP contribution in [0, 0.1) is 5.92 Å². The van der Waals surface area contributed by atoms with E-state index >= 15 is 0 Å². The second-order valence-corrected chi connectivity index (χ2v) is 5.43. The minimum Gasteiger partial charge on any atom is -0.508 e. The molecule has 1 atom stereocenters. The molecule has 0 saturated carbocycles. The van der Waals surface area contributed by atoms with E-state index < -0.39 is 0 Å². The largest absolute Gasteiger partial charge is 0.508 e. The topological polar surface area (TPSA) is 67.2 Å². The van der Waals surface area contributed by atoms with Gasteiger partial charge in [0.2, 0.25) is 5.91 Å². The number of benzene rings is 1. The average Bonchev–Trinajstić information content (AvgIpc) is 2.86. The van der Waals surface area contributed by atoms with Crippen molar-refractivity contribution in [3.8, 4) is 5.75 Å². The number of carbonyl (C=O) groups excluding carboxylic acids is 1. The molecule has 0 aliphatic carbocycles. The number of rotatable bonds is 6. The highest BCUT2D eigenvalue weighted by atomic mass is 35.5. The van der Waals surface area contributed by atoms with Gasteiger partial charge in [-0.25, -0.2) is 0 Å². The molecule has 1 aromatic carbocycles. The maximum Gasteiger partial charge on any atom is 0.224 e. The van der Waals surface area contributed by atoms with E-state index in [2.05, 4.69) is 10.4 Å². The number of carbonyl (C=O) groups is 1. The average molecular weight is 308 g/mol. The quantitative estimate of drug-likeness (QED) is 0.860. The van der Waals surface area contributed by atoms with Crippen molar-refractivity contribution < 1.29 is 9.90 Å². The molecule has 0 bridgehead atoms. The Hall–Kier alpha value is -2.01. The molecule has 6 heteroatoms. The Morgan fingerprint density at radius 3 is 2.76 bits per heavy atom. The summed E-state index contributed by atoms with van der Waals surface area (Å²) in [7, 11) is 0. The number of halogens is 1. The van der Waals surface area contributed by atoms with E-state index in [1.165, 1.54) is 0 Å². The zero-order valence-corrected chi connectivity index (χ0v) is 12.5. The molecule has 2 rings (SSSR count). The predicted octanol–water partition coefficient (Wildman–Crippen LogP) is 2.24. The van der Waals surface area contributed by atoms with E-state index in [-0.39, 0.29) is 17.6 Å². The number of amides is 1. The number of hydrogen-bond donors (Lipinski definition) is 2. The fourth-order valence-electron chi connectivity index (χ4n) is 1.97. The van der Waals surface area contributed by atoms with Crippen LogP contribution in [-0.2, 0) is 17.8 Å². The van der Waals surface area contributed by atoms with Gasteiger partial charge < -0.3 is 10.4 Å². The summed E-state index contributed by atoms with van der Waals surface area (Å²) in [6.45, 7) is 2.91. The van der Waals surface area contributed by atoms with E-state index in [1.807, 2.05) is 19.1 Å². The van der Waals surface area contributed by atoms with Crippen molar-refractivity contribution in [2.45, 2.75) is 19.9 Å². The van der Waals surface area contributed by atoms with E-state index in [9.17, 15) is 9.90 Å². The lowest BCUT2D eigenvalue weighted by Gasteiger charge is -2.12. The van der Waals surface area contributed by atoms with E-state index in [0.29, 0.717) is 18.1 Å². The maximum atomic E-state index is 12.0. The Labute approximate surface area is 128 Å². The molecule has 5 nitrogen and oxygen atoms in total. The van der Waals surface area contributed by atoms with Crippen molar-refractivity contribution in [1.29, 1.82) is 0 Å². The first kappa shape index (κ1) is 15.4. The zero-order valence-electron chi connectivity index (χ0n) is 11.8. The Morgan fingerprint density at radius 2 is 2.14 bits per heavy atom. The minimum absolute atomic E-state index is 0.0135. The predicted molar refractivity (Wildman–Crippen MR) is 81.2 cm³/mol. The molecule has 0 saturated heterocycles. The lowest BCUT2D eigenvalue weighted by atomic mass is 10.1. The van der Waals surface area contributed by atoms with Crippen LogP contribution in [0.25, 0.3) is 0 Å². The summed E-state index contributed by atoms with van der Waals surface area (Å²) < 4.78 is 1.66. The highest BCUT2D eigenvalue weighted by molar-refractivity contribution is 6.30. The first-order valence-electron chi connectivity index (χ1n) is 6.78. The van der Waals surface area contributed by atoms with Crippen LogP contribution in [0.2, 0.25) is 5.02 Å². The smallest absolute Gasteiger partial charge is 0.224 e. The second-order valence-electron chi connectivity index (χ2n) is 4.99. The maximum absolute atomic E-state index is 12.0. The number of nitrogens with zero attached hydrogens (tertiary/aromatic N) is 2. The number of phenolic OH excluding ortho intramolecular Hbond substituents is 1. The van der Waals surface area contributed by atoms with Gasteiger partial charge in [-0.1, -0.05) is 30.7 Å². The normalized spacial score (nSPS) is 12.1. The van der Waals surface area contributed by atoms with Crippen LogP contribution in [0.3, 0.4) is 0 Å². The molecule has 0 fully saturated rings. The molecular weight excluding hydrogens is 290 g/mol. The molecule has 0 spiro atoms. The SMILES string of the molecule is C[C@@H](Cn1cc(Cl)cn1)C(=O)NCCc1ccc(O)cc1. The minimum atomic E-state index is -0.180. The number of aromatic hydroxyl groups is 1. The van der Waals surface area contributed by atoms with Crippen LogP contribution in [0.4, 0.5) is 0 Å². The summed E-state index contributed by atoms with van der Waals surface area (Å²) in [6, 6.07) is 6.97. The van der Waals surface area contributed by atoms with Gasteiger partial charge in [-0.15, -0.1) is 0 Å². The van der Waals surface area contributed by atoms with Gasteiger partial charge in [-0.3, -0.25) is 9.48 Å². The van der Waals surface area contributed by atoms with Crippen LogP contribution in [0.5, 0.6) is 5.75 Å². The van der Waals surface area contributed by atoms with Crippen molar-refractivity contribution in [1.82, 2.24) is 15.1 Å². The highest BCUT2D eigenvalue weighted by Gasteiger charge is 2.13.